The fourth-order valence-electron chi connectivity index (χ4n) is 3.97. The Morgan fingerprint density at radius 3 is 1.76 bits per heavy atom. The lowest BCUT2D eigenvalue weighted by atomic mass is 9.98. The normalized spacial score (nSPS) is 11.7. The molecule has 0 aromatic heterocycles. The number of benzene rings is 1. The first-order chi connectivity index (χ1) is 14.0. The number of unbranched alkanes of at least 4 members (excludes halogenated alkanes) is 13. The molecule has 0 saturated heterocycles. The first kappa shape index (κ1) is 25.9. The molecule has 1 rings (SSSR count). The minimum absolute atomic E-state index is 0.0280. The Bertz CT molecular complexity index is 665. The minimum atomic E-state index is -4.18. The van der Waals surface area contributed by atoms with Crippen LogP contribution in [0.2, 0.25) is 0 Å². The van der Waals surface area contributed by atoms with E-state index in [2.05, 4.69) is 13.5 Å². The van der Waals surface area contributed by atoms with Crippen molar-refractivity contribution < 1.29 is 13.0 Å². The molecule has 4 heteroatoms. The smallest absolute Gasteiger partial charge is 0.282 e. The molecule has 0 amide bonds. The van der Waals surface area contributed by atoms with Crippen LogP contribution in [0.4, 0.5) is 0 Å². The van der Waals surface area contributed by atoms with Crippen molar-refractivity contribution in [3.05, 3.63) is 42.0 Å². The molecule has 1 aromatic rings. The van der Waals surface area contributed by atoms with Crippen LogP contribution < -0.4 is 0 Å². The average Bonchev–Trinajstić information content (AvgIpc) is 2.68. The zero-order chi connectivity index (χ0) is 21.4. The summed E-state index contributed by atoms with van der Waals surface area (Å²) in [6, 6.07) is 5.16. The van der Waals surface area contributed by atoms with E-state index in [1.807, 2.05) is 6.07 Å². The number of rotatable bonds is 18. The van der Waals surface area contributed by atoms with Gasteiger partial charge in [-0.05, 0) is 36.5 Å². The Balaban J connectivity index is 2.16. The third kappa shape index (κ3) is 11.6. The summed E-state index contributed by atoms with van der Waals surface area (Å²) in [5, 5.41) is 0. The molecule has 166 valence electrons. The highest BCUT2D eigenvalue weighted by atomic mass is 32.2. The standard InChI is InChI=1S/C25H42O3S/c1-3-5-6-7-8-9-10-11-12-13-14-15-16-17-20-23-21-18-22-25(29(26,27)28)24(23)19-4-2/h4,18,21-22H,2-3,5-17,19-20H2,1H3,(H,26,27,28). The van der Waals surface area contributed by atoms with Gasteiger partial charge in [0, 0.05) is 0 Å². The van der Waals surface area contributed by atoms with Crippen molar-refractivity contribution in [2.45, 2.75) is 115 Å². The summed E-state index contributed by atoms with van der Waals surface area (Å²) in [4.78, 5) is 0.0280. The molecule has 0 aliphatic rings. The fraction of sp³-hybridized carbons (Fsp3) is 0.680. The molecule has 0 aliphatic heterocycles. The molecule has 1 N–H and O–H groups in total. The predicted octanol–water partition coefficient (Wildman–Crippen LogP) is 7.69. The topological polar surface area (TPSA) is 54.4 Å². The maximum absolute atomic E-state index is 11.6. The van der Waals surface area contributed by atoms with Crippen LogP contribution in [-0.4, -0.2) is 13.0 Å². The van der Waals surface area contributed by atoms with Crippen LogP contribution in [0.3, 0.4) is 0 Å². The molecule has 0 saturated carbocycles. The molecule has 0 unspecified atom stereocenters. The molecule has 0 aliphatic carbocycles. The van der Waals surface area contributed by atoms with E-state index in [1.54, 1.807) is 12.1 Å². The Morgan fingerprint density at radius 2 is 1.31 bits per heavy atom. The van der Waals surface area contributed by atoms with E-state index in [-0.39, 0.29) is 4.90 Å². The average molecular weight is 423 g/mol. The van der Waals surface area contributed by atoms with Gasteiger partial charge in [-0.1, -0.05) is 109 Å². The monoisotopic (exact) mass is 422 g/mol. The highest BCUT2D eigenvalue weighted by molar-refractivity contribution is 7.85. The second-order valence-corrected chi connectivity index (χ2v) is 9.60. The van der Waals surface area contributed by atoms with Crippen LogP contribution in [-0.2, 0) is 23.0 Å². The summed E-state index contributed by atoms with van der Waals surface area (Å²) in [5.41, 5.74) is 1.71. The molecule has 0 atom stereocenters. The molecule has 0 radical (unpaired) electrons. The quantitative estimate of drug-likeness (QED) is 0.150. The summed E-state index contributed by atoms with van der Waals surface area (Å²) in [7, 11) is -4.18. The van der Waals surface area contributed by atoms with Gasteiger partial charge in [0.25, 0.3) is 10.1 Å². The van der Waals surface area contributed by atoms with Crippen LogP contribution in [0.15, 0.2) is 35.7 Å². The van der Waals surface area contributed by atoms with Crippen LogP contribution in [0, 0.1) is 0 Å². The summed E-state index contributed by atoms with van der Waals surface area (Å²) >= 11 is 0. The summed E-state index contributed by atoms with van der Waals surface area (Å²) in [6.45, 7) is 5.98. The molecular formula is C25H42O3S. The number of hydrogen-bond donors (Lipinski definition) is 1. The number of hydrogen-bond acceptors (Lipinski definition) is 2. The zero-order valence-electron chi connectivity index (χ0n) is 18.5. The van der Waals surface area contributed by atoms with Crippen molar-refractivity contribution in [1.82, 2.24) is 0 Å². The van der Waals surface area contributed by atoms with Crippen LogP contribution in [0.25, 0.3) is 0 Å². The van der Waals surface area contributed by atoms with Crippen LogP contribution in [0.1, 0.15) is 108 Å². The molecule has 0 spiro atoms. The Hall–Kier alpha value is -1.13. The predicted molar refractivity (Wildman–Crippen MR) is 124 cm³/mol. The second-order valence-electron chi connectivity index (χ2n) is 8.21. The number of allylic oxidation sites excluding steroid dienone is 1. The van der Waals surface area contributed by atoms with E-state index in [9.17, 15) is 13.0 Å². The Labute approximate surface area is 179 Å². The van der Waals surface area contributed by atoms with Gasteiger partial charge < -0.3 is 0 Å². The zero-order valence-corrected chi connectivity index (χ0v) is 19.3. The second kappa shape index (κ2) is 15.7. The molecule has 1 aromatic carbocycles. The summed E-state index contributed by atoms with van der Waals surface area (Å²) in [6.07, 6.45) is 21.6. The van der Waals surface area contributed by atoms with Crippen LogP contribution >= 0.6 is 0 Å². The third-order valence-electron chi connectivity index (χ3n) is 5.66. The molecule has 0 heterocycles. The van der Waals surface area contributed by atoms with Crippen molar-refractivity contribution in [3.8, 4) is 0 Å². The highest BCUT2D eigenvalue weighted by Gasteiger charge is 2.17. The van der Waals surface area contributed by atoms with E-state index < -0.39 is 10.1 Å². The highest BCUT2D eigenvalue weighted by Crippen LogP contribution is 2.23. The van der Waals surface area contributed by atoms with E-state index in [1.165, 1.54) is 89.5 Å². The van der Waals surface area contributed by atoms with E-state index in [0.29, 0.717) is 12.0 Å². The number of aryl methyl sites for hydroxylation is 1. The largest absolute Gasteiger partial charge is 0.294 e. The minimum Gasteiger partial charge on any atom is -0.282 e. The lowest BCUT2D eigenvalue weighted by Gasteiger charge is -2.12. The summed E-state index contributed by atoms with van der Waals surface area (Å²) < 4.78 is 32.7. The maximum atomic E-state index is 11.6. The van der Waals surface area contributed by atoms with Crippen molar-refractivity contribution in [2.24, 2.45) is 0 Å². The molecule has 3 nitrogen and oxygen atoms in total. The molecule has 0 bridgehead atoms. The van der Waals surface area contributed by atoms with Gasteiger partial charge in [0.15, 0.2) is 0 Å². The van der Waals surface area contributed by atoms with Crippen molar-refractivity contribution in [1.29, 1.82) is 0 Å². The molecule has 0 fully saturated rings. The van der Waals surface area contributed by atoms with Gasteiger partial charge >= 0.3 is 0 Å². The van der Waals surface area contributed by atoms with Gasteiger partial charge in [-0.3, -0.25) is 4.55 Å². The lowest BCUT2D eigenvalue weighted by Crippen LogP contribution is -2.06. The van der Waals surface area contributed by atoms with Crippen molar-refractivity contribution >= 4 is 10.1 Å². The first-order valence-electron chi connectivity index (χ1n) is 11.7. The fourth-order valence-corrected chi connectivity index (χ4v) is 4.75. The van der Waals surface area contributed by atoms with Crippen molar-refractivity contribution in [2.75, 3.05) is 0 Å². The van der Waals surface area contributed by atoms with Gasteiger partial charge in [-0.2, -0.15) is 8.42 Å². The Morgan fingerprint density at radius 1 is 0.828 bits per heavy atom. The van der Waals surface area contributed by atoms with Gasteiger partial charge in [0.1, 0.15) is 0 Å². The first-order valence-corrected chi connectivity index (χ1v) is 13.1. The van der Waals surface area contributed by atoms with Crippen LogP contribution in [0.5, 0.6) is 0 Å². The maximum Gasteiger partial charge on any atom is 0.294 e. The van der Waals surface area contributed by atoms with E-state index >= 15 is 0 Å². The molecule has 29 heavy (non-hydrogen) atoms. The van der Waals surface area contributed by atoms with E-state index in [0.717, 1.165) is 18.4 Å². The van der Waals surface area contributed by atoms with Crippen molar-refractivity contribution in [3.63, 3.8) is 0 Å². The van der Waals surface area contributed by atoms with Gasteiger partial charge in [0.05, 0.1) is 4.90 Å². The Kier molecular flexibility index (Phi) is 14.0. The van der Waals surface area contributed by atoms with E-state index in [4.69, 9.17) is 0 Å². The summed E-state index contributed by atoms with van der Waals surface area (Å²) in [5.74, 6) is 0. The third-order valence-corrected chi connectivity index (χ3v) is 6.59. The molecular weight excluding hydrogens is 380 g/mol. The van der Waals surface area contributed by atoms with Gasteiger partial charge in [-0.15, -0.1) is 6.58 Å². The lowest BCUT2D eigenvalue weighted by molar-refractivity contribution is 0.482. The van der Waals surface area contributed by atoms with Gasteiger partial charge in [-0.25, -0.2) is 0 Å². The van der Waals surface area contributed by atoms with Gasteiger partial charge in [0.2, 0.25) is 0 Å². The SMILES string of the molecule is C=CCc1c(CCCCCCCCCCCCCCCC)cccc1S(=O)(=O)O.